The summed E-state index contributed by atoms with van der Waals surface area (Å²) in [5.41, 5.74) is 0. The van der Waals surface area contributed by atoms with E-state index in [2.05, 4.69) is 10.6 Å². The lowest BCUT2D eigenvalue weighted by molar-refractivity contribution is 0.0807. The van der Waals surface area contributed by atoms with Gasteiger partial charge in [0.2, 0.25) is 0 Å². The van der Waals surface area contributed by atoms with Crippen molar-refractivity contribution in [3.8, 4) is 0 Å². The molecule has 0 bridgehead atoms. The number of hydrogen-bond acceptors (Lipinski definition) is 3. The van der Waals surface area contributed by atoms with Crippen LogP contribution in [0.4, 0.5) is 4.79 Å². The summed E-state index contributed by atoms with van der Waals surface area (Å²) < 4.78 is 5.38. The quantitative estimate of drug-likeness (QED) is 0.589. The van der Waals surface area contributed by atoms with Crippen LogP contribution in [0.2, 0.25) is 0 Å². The number of ether oxygens (including phenoxy) is 1. The molecule has 0 aromatic rings. The number of carbonyl (C=O) groups excluding carboxylic acids is 1. The van der Waals surface area contributed by atoms with Crippen molar-refractivity contribution in [2.75, 3.05) is 39.3 Å². The first-order chi connectivity index (χ1) is 7.20. The Morgan fingerprint density at radius 1 is 1.53 bits per heavy atom. The summed E-state index contributed by atoms with van der Waals surface area (Å²) in [4.78, 5) is 13.0. The van der Waals surface area contributed by atoms with Gasteiger partial charge in [-0.2, -0.15) is 0 Å². The molecule has 0 aliphatic carbocycles. The molecule has 1 aliphatic rings. The molecule has 0 atom stereocenters. The Labute approximate surface area is 91.2 Å². The highest BCUT2D eigenvalue weighted by atomic mass is 16.5. The van der Waals surface area contributed by atoms with Crippen molar-refractivity contribution < 1.29 is 9.53 Å². The van der Waals surface area contributed by atoms with Crippen LogP contribution in [0.25, 0.3) is 0 Å². The molecule has 0 spiro atoms. The van der Waals surface area contributed by atoms with E-state index in [-0.39, 0.29) is 12.1 Å². The highest BCUT2D eigenvalue weighted by molar-refractivity contribution is 5.76. The first-order valence-corrected chi connectivity index (χ1v) is 5.55. The second-order valence-electron chi connectivity index (χ2n) is 3.89. The Kier molecular flexibility index (Phi) is 5.42. The Balaban J connectivity index is 1.90. The van der Waals surface area contributed by atoms with Gasteiger partial charge in [-0.15, -0.1) is 0 Å². The zero-order valence-electron chi connectivity index (χ0n) is 9.58. The molecule has 0 saturated carbocycles. The van der Waals surface area contributed by atoms with Gasteiger partial charge in [-0.05, 0) is 13.8 Å². The second-order valence-corrected chi connectivity index (χ2v) is 3.89. The third-order valence-electron chi connectivity index (χ3n) is 2.23. The molecule has 1 heterocycles. The molecule has 15 heavy (non-hydrogen) atoms. The van der Waals surface area contributed by atoms with E-state index in [0.717, 1.165) is 39.3 Å². The lowest BCUT2D eigenvalue weighted by atomic mass is 10.5. The van der Waals surface area contributed by atoms with Gasteiger partial charge in [0.05, 0.1) is 12.7 Å². The zero-order valence-corrected chi connectivity index (χ0v) is 9.58. The normalized spacial score (nSPS) is 16.2. The van der Waals surface area contributed by atoms with Crippen molar-refractivity contribution in [2.45, 2.75) is 20.0 Å². The van der Waals surface area contributed by atoms with Crippen LogP contribution in [0.15, 0.2) is 0 Å². The van der Waals surface area contributed by atoms with Gasteiger partial charge in [0.1, 0.15) is 0 Å². The van der Waals surface area contributed by atoms with Crippen molar-refractivity contribution in [1.29, 1.82) is 0 Å². The van der Waals surface area contributed by atoms with Crippen LogP contribution in [0.3, 0.4) is 0 Å². The van der Waals surface area contributed by atoms with Crippen LogP contribution < -0.4 is 10.6 Å². The molecular weight excluding hydrogens is 194 g/mol. The Morgan fingerprint density at radius 2 is 2.33 bits per heavy atom. The maximum Gasteiger partial charge on any atom is 0.317 e. The lowest BCUT2D eigenvalue weighted by Crippen LogP contribution is -2.35. The Hall–Kier alpha value is -0.810. The van der Waals surface area contributed by atoms with Gasteiger partial charge in [-0.1, -0.05) is 0 Å². The third kappa shape index (κ3) is 4.99. The van der Waals surface area contributed by atoms with Crippen molar-refractivity contribution in [3.05, 3.63) is 0 Å². The number of urea groups is 1. The maximum absolute atomic E-state index is 11.1. The van der Waals surface area contributed by atoms with Crippen LogP contribution in [0.1, 0.15) is 13.8 Å². The van der Waals surface area contributed by atoms with Crippen molar-refractivity contribution in [2.24, 2.45) is 0 Å². The van der Waals surface area contributed by atoms with Crippen LogP contribution in [0, 0.1) is 0 Å². The van der Waals surface area contributed by atoms with Crippen LogP contribution in [-0.4, -0.2) is 56.4 Å². The highest BCUT2D eigenvalue weighted by Gasteiger charge is 2.17. The summed E-state index contributed by atoms with van der Waals surface area (Å²) in [7, 11) is 0. The predicted molar refractivity (Wildman–Crippen MR) is 58.9 cm³/mol. The minimum absolute atomic E-state index is 0.0511. The fourth-order valence-corrected chi connectivity index (χ4v) is 1.43. The molecule has 0 aromatic heterocycles. The SMILES string of the molecule is CC(C)OCCNCCN1CCNC1=O. The third-order valence-corrected chi connectivity index (χ3v) is 2.23. The Bertz CT molecular complexity index is 197. The predicted octanol–water partition coefficient (Wildman–Crippen LogP) is 0.0262. The summed E-state index contributed by atoms with van der Waals surface area (Å²) in [6.45, 7) is 8.81. The first kappa shape index (κ1) is 12.3. The van der Waals surface area contributed by atoms with E-state index in [1.165, 1.54) is 0 Å². The average molecular weight is 215 g/mol. The second kappa shape index (κ2) is 6.63. The van der Waals surface area contributed by atoms with Crippen molar-refractivity contribution >= 4 is 6.03 Å². The lowest BCUT2D eigenvalue weighted by Gasteiger charge is -2.14. The summed E-state index contributed by atoms with van der Waals surface area (Å²) in [5.74, 6) is 0. The number of carbonyl (C=O) groups is 1. The molecule has 0 unspecified atom stereocenters. The first-order valence-electron chi connectivity index (χ1n) is 5.55. The fraction of sp³-hybridized carbons (Fsp3) is 0.900. The van der Waals surface area contributed by atoms with Gasteiger partial charge >= 0.3 is 6.03 Å². The molecule has 1 saturated heterocycles. The monoisotopic (exact) mass is 215 g/mol. The summed E-state index contributed by atoms with van der Waals surface area (Å²) >= 11 is 0. The molecule has 5 nitrogen and oxygen atoms in total. The number of amides is 2. The summed E-state index contributed by atoms with van der Waals surface area (Å²) in [5, 5.41) is 6.01. The average Bonchev–Trinajstić information content (AvgIpc) is 2.57. The van der Waals surface area contributed by atoms with Gasteiger partial charge in [0.25, 0.3) is 0 Å². The largest absolute Gasteiger partial charge is 0.377 e. The van der Waals surface area contributed by atoms with E-state index in [0.29, 0.717) is 0 Å². The van der Waals surface area contributed by atoms with E-state index >= 15 is 0 Å². The Morgan fingerprint density at radius 3 is 2.93 bits per heavy atom. The molecule has 88 valence electrons. The highest BCUT2D eigenvalue weighted by Crippen LogP contribution is 1.94. The van der Waals surface area contributed by atoms with E-state index in [4.69, 9.17) is 4.74 Å². The number of nitrogens with one attached hydrogen (secondary N) is 2. The van der Waals surface area contributed by atoms with Gasteiger partial charge in [0, 0.05) is 32.7 Å². The number of nitrogens with zero attached hydrogens (tertiary/aromatic N) is 1. The number of hydrogen-bond donors (Lipinski definition) is 2. The topological polar surface area (TPSA) is 53.6 Å². The fourth-order valence-electron chi connectivity index (χ4n) is 1.43. The molecular formula is C10H21N3O2. The van der Waals surface area contributed by atoms with Crippen LogP contribution in [-0.2, 0) is 4.74 Å². The van der Waals surface area contributed by atoms with E-state index in [1.807, 2.05) is 18.7 Å². The molecule has 1 fully saturated rings. The molecule has 0 radical (unpaired) electrons. The smallest absolute Gasteiger partial charge is 0.317 e. The van der Waals surface area contributed by atoms with Gasteiger partial charge < -0.3 is 20.3 Å². The van der Waals surface area contributed by atoms with Crippen LogP contribution in [0.5, 0.6) is 0 Å². The number of rotatable bonds is 7. The standard InChI is InChI=1S/C10H21N3O2/c1-9(2)15-8-5-11-3-6-13-7-4-12-10(13)14/h9,11H,3-8H2,1-2H3,(H,12,14). The van der Waals surface area contributed by atoms with Gasteiger partial charge in [0.15, 0.2) is 0 Å². The molecule has 5 heteroatoms. The summed E-state index contributed by atoms with van der Waals surface area (Å²) in [6.07, 6.45) is 0.288. The molecule has 0 aromatic carbocycles. The molecule has 2 amide bonds. The summed E-state index contributed by atoms with van der Waals surface area (Å²) in [6, 6.07) is 0.0511. The minimum atomic E-state index is 0.0511. The molecule has 2 N–H and O–H groups in total. The van der Waals surface area contributed by atoms with E-state index in [1.54, 1.807) is 0 Å². The maximum atomic E-state index is 11.1. The van der Waals surface area contributed by atoms with Crippen molar-refractivity contribution in [1.82, 2.24) is 15.5 Å². The van der Waals surface area contributed by atoms with Gasteiger partial charge in [-0.25, -0.2) is 4.79 Å². The van der Waals surface area contributed by atoms with E-state index in [9.17, 15) is 4.79 Å². The molecule has 1 aliphatic heterocycles. The minimum Gasteiger partial charge on any atom is -0.377 e. The van der Waals surface area contributed by atoms with E-state index < -0.39 is 0 Å². The zero-order chi connectivity index (χ0) is 11.1. The van der Waals surface area contributed by atoms with Crippen LogP contribution >= 0.6 is 0 Å². The van der Waals surface area contributed by atoms with Crippen molar-refractivity contribution in [3.63, 3.8) is 0 Å². The van der Waals surface area contributed by atoms with Gasteiger partial charge in [-0.3, -0.25) is 0 Å². The molecule has 1 rings (SSSR count).